The summed E-state index contributed by atoms with van der Waals surface area (Å²) in [5, 5.41) is 3.42. The van der Waals surface area contributed by atoms with Gasteiger partial charge in [-0.25, -0.2) is 0 Å². The molecule has 1 aromatic carbocycles. The fourth-order valence-corrected chi connectivity index (χ4v) is 2.30. The lowest BCUT2D eigenvalue weighted by Crippen LogP contribution is -2.14. The molecule has 112 valence electrons. The fourth-order valence-electron chi connectivity index (χ4n) is 2.30. The van der Waals surface area contributed by atoms with Gasteiger partial charge in [0.2, 0.25) is 0 Å². The Morgan fingerprint density at radius 3 is 2.67 bits per heavy atom. The van der Waals surface area contributed by atoms with Gasteiger partial charge in [-0.3, -0.25) is 0 Å². The monoisotopic (exact) mass is 294 g/mol. The Morgan fingerprint density at radius 1 is 1.14 bits per heavy atom. The topological polar surface area (TPSA) is 17.0 Å². The van der Waals surface area contributed by atoms with Gasteiger partial charge in [-0.05, 0) is 42.2 Å². The molecule has 0 unspecified atom stereocenters. The number of alkyl halides is 3. The summed E-state index contributed by atoms with van der Waals surface area (Å²) < 4.78 is 39.9. The molecule has 0 radical (unpaired) electrons. The number of benzene rings is 1. The highest BCUT2D eigenvalue weighted by molar-refractivity contribution is 5.26. The van der Waals surface area contributed by atoms with Crippen molar-refractivity contribution in [1.82, 2.24) is 9.88 Å². The van der Waals surface area contributed by atoms with Crippen LogP contribution in [0.25, 0.3) is 0 Å². The molecule has 21 heavy (non-hydrogen) atoms. The molecule has 3 rings (SSSR count). The second-order valence-corrected chi connectivity index (χ2v) is 5.55. The largest absolute Gasteiger partial charge is 0.416 e. The summed E-state index contributed by atoms with van der Waals surface area (Å²) in [7, 11) is 0. The Labute approximate surface area is 121 Å². The molecule has 0 atom stereocenters. The van der Waals surface area contributed by atoms with Crippen LogP contribution in [0.5, 0.6) is 0 Å². The van der Waals surface area contributed by atoms with Crippen molar-refractivity contribution in [1.29, 1.82) is 0 Å². The summed E-state index contributed by atoms with van der Waals surface area (Å²) in [5.41, 5.74) is 1.22. The van der Waals surface area contributed by atoms with E-state index in [1.54, 1.807) is 6.07 Å². The van der Waals surface area contributed by atoms with E-state index in [-0.39, 0.29) is 0 Å². The minimum absolute atomic E-state index is 0.452. The third-order valence-corrected chi connectivity index (χ3v) is 3.60. The standard InChI is InChI=1S/C16H17F3N2/c17-16(18,19)14-3-1-2-12(8-14)10-21-7-6-13(11-21)9-20-15-4-5-15/h1-3,6-8,11,15,20H,4-5,9-10H2. The Bertz CT molecular complexity index is 612. The molecule has 0 aliphatic heterocycles. The first kappa shape index (κ1) is 14.2. The van der Waals surface area contributed by atoms with Crippen LogP contribution in [0.2, 0.25) is 0 Å². The Morgan fingerprint density at radius 2 is 1.95 bits per heavy atom. The maximum atomic E-state index is 12.7. The van der Waals surface area contributed by atoms with Crippen molar-refractivity contribution >= 4 is 0 Å². The zero-order valence-corrected chi connectivity index (χ0v) is 11.5. The molecule has 2 nitrogen and oxygen atoms in total. The number of hydrogen-bond acceptors (Lipinski definition) is 1. The van der Waals surface area contributed by atoms with Crippen molar-refractivity contribution in [3.8, 4) is 0 Å². The van der Waals surface area contributed by atoms with E-state index in [0.29, 0.717) is 18.2 Å². The van der Waals surface area contributed by atoms with E-state index < -0.39 is 11.7 Å². The third-order valence-electron chi connectivity index (χ3n) is 3.60. The van der Waals surface area contributed by atoms with Gasteiger partial charge in [0.15, 0.2) is 0 Å². The normalized spacial score (nSPS) is 15.4. The number of nitrogens with one attached hydrogen (secondary N) is 1. The molecular weight excluding hydrogens is 277 g/mol. The molecule has 0 amide bonds. The molecule has 1 heterocycles. The van der Waals surface area contributed by atoms with Gasteiger partial charge in [0.1, 0.15) is 0 Å². The number of aromatic nitrogens is 1. The van der Waals surface area contributed by atoms with Gasteiger partial charge >= 0.3 is 6.18 Å². The number of rotatable bonds is 5. The predicted octanol–water partition coefficient (Wildman–Crippen LogP) is 3.81. The number of hydrogen-bond donors (Lipinski definition) is 1. The smallest absolute Gasteiger partial charge is 0.350 e. The number of nitrogens with zero attached hydrogens (tertiary/aromatic N) is 1. The second-order valence-electron chi connectivity index (χ2n) is 5.55. The van der Waals surface area contributed by atoms with E-state index >= 15 is 0 Å². The van der Waals surface area contributed by atoms with Crippen LogP contribution in [0.15, 0.2) is 42.7 Å². The first-order valence-corrected chi connectivity index (χ1v) is 7.05. The van der Waals surface area contributed by atoms with Crippen LogP contribution in [-0.4, -0.2) is 10.6 Å². The van der Waals surface area contributed by atoms with Crippen LogP contribution in [0.4, 0.5) is 13.2 Å². The minimum Gasteiger partial charge on any atom is -0.350 e. The van der Waals surface area contributed by atoms with E-state index in [2.05, 4.69) is 5.32 Å². The molecule has 1 saturated carbocycles. The molecule has 1 N–H and O–H groups in total. The van der Waals surface area contributed by atoms with Crippen LogP contribution in [0, 0.1) is 0 Å². The SMILES string of the molecule is FC(F)(F)c1cccc(Cn2ccc(CNC3CC3)c2)c1. The first-order valence-electron chi connectivity index (χ1n) is 7.05. The number of halogens is 3. The highest BCUT2D eigenvalue weighted by Gasteiger charge is 2.30. The van der Waals surface area contributed by atoms with E-state index in [9.17, 15) is 13.2 Å². The Hall–Kier alpha value is -1.75. The van der Waals surface area contributed by atoms with Crippen LogP contribution in [0.3, 0.4) is 0 Å². The highest BCUT2D eigenvalue weighted by Crippen LogP contribution is 2.29. The van der Waals surface area contributed by atoms with Crippen LogP contribution >= 0.6 is 0 Å². The average Bonchev–Trinajstić information content (AvgIpc) is 3.16. The molecule has 1 aliphatic rings. The summed E-state index contributed by atoms with van der Waals surface area (Å²) in [6.07, 6.45) is 2.09. The van der Waals surface area contributed by atoms with Gasteiger partial charge < -0.3 is 9.88 Å². The lowest BCUT2D eigenvalue weighted by Gasteiger charge is -2.09. The molecule has 1 aromatic heterocycles. The van der Waals surface area contributed by atoms with Gasteiger partial charge in [-0.2, -0.15) is 13.2 Å². The van der Waals surface area contributed by atoms with Gasteiger partial charge in [0.05, 0.1) is 5.56 Å². The Kier molecular flexibility index (Phi) is 3.76. The van der Waals surface area contributed by atoms with Gasteiger partial charge in [0, 0.05) is 31.5 Å². The zero-order chi connectivity index (χ0) is 14.9. The van der Waals surface area contributed by atoms with Gasteiger partial charge in [-0.15, -0.1) is 0 Å². The van der Waals surface area contributed by atoms with Gasteiger partial charge in [-0.1, -0.05) is 12.1 Å². The molecule has 2 aromatic rings. The average molecular weight is 294 g/mol. The molecule has 0 saturated heterocycles. The third kappa shape index (κ3) is 3.88. The molecule has 1 aliphatic carbocycles. The van der Waals surface area contributed by atoms with Crippen LogP contribution in [0.1, 0.15) is 29.5 Å². The van der Waals surface area contributed by atoms with Crippen molar-refractivity contribution in [2.24, 2.45) is 0 Å². The van der Waals surface area contributed by atoms with Crippen molar-refractivity contribution < 1.29 is 13.2 Å². The van der Waals surface area contributed by atoms with Crippen LogP contribution in [-0.2, 0) is 19.3 Å². The molecule has 0 bridgehead atoms. The van der Waals surface area contributed by atoms with Crippen molar-refractivity contribution in [2.45, 2.75) is 38.1 Å². The quantitative estimate of drug-likeness (QED) is 0.887. The predicted molar refractivity (Wildman–Crippen MR) is 74.8 cm³/mol. The van der Waals surface area contributed by atoms with Crippen LogP contribution < -0.4 is 5.32 Å². The lowest BCUT2D eigenvalue weighted by molar-refractivity contribution is -0.137. The van der Waals surface area contributed by atoms with E-state index in [1.807, 2.05) is 23.0 Å². The van der Waals surface area contributed by atoms with E-state index in [4.69, 9.17) is 0 Å². The second kappa shape index (κ2) is 5.56. The summed E-state index contributed by atoms with van der Waals surface area (Å²) in [5.74, 6) is 0. The molecule has 0 spiro atoms. The van der Waals surface area contributed by atoms with Crippen molar-refractivity contribution in [3.63, 3.8) is 0 Å². The lowest BCUT2D eigenvalue weighted by atomic mass is 10.1. The van der Waals surface area contributed by atoms with E-state index in [1.165, 1.54) is 25.0 Å². The summed E-state index contributed by atoms with van der Waals surface area (Å²) in [4.78, 5) is 0. The van der Waals surface area contributed by atoms with Crippen molar-refractivity contribution in [2.75, 3.05) is 0 Å². The summed E-state index contributed by atoms with van der Waals surface area (Å²) in [6, 6.07) is 8.14. The molecule has 1 fully saturated rings. The van der Waals surface area contributed by atoms with Gasteiger partial charge in [0.25, 0.3) is 0 Å². The zero-order valence-electron chi connectivity index (χ0n) is 11.5. The molecule has 5 heteroatoms. The molecular formula is C16H17F3N2. The maximum Gasteiger partial charge on any atom is 0.416 e. The summed E-state index contributed by atoms with van der Waals surface area (Å²) in [6.45, 7) is 1.27. The van der Waals surface area contributed by atoms with Crippen molar-refractivity contribution in [3.05, 3.63) is 59.4 Å². The Balaban J connectivity index is 1.65. The van der Waals surface area contributed by atoms with E-state index in [0.717, 1.165) is 18.2 Å². The minimum atomic E-state index is -4.29. The summed E-state index contributed by atoms with van der Waals surface area (Å²) >= 11 is 0. The maximum absolute atomic E-state index is 12.7. The highest BCUT2D eigenvalue weighted by atomic mass is 19.4. The first-order chi connectivity index (χ1) is 10.0. The fraction of sp³-hybridized carbons (Fsp3) is 0.375.